The second-order valence-corrected chi connectivity index (χ2v) is 2.93. The number of aromatic nitrogens is 2. The topological polar surface area (TPSA) is 84.0 Å². The van der Waals surface area contributed by atoms with Crippen LogP contribution in [-0.2, 0) is 4.79 Å². The Balaban J connectivity index is 2.80. The van der Waals surface area contributed by atoms with Crippen molar-refractivity contribution >= 4 is 29.6 Å². The molecule has 2 N–H and O–H groups in total. The number of aldehydes is 1. The van der Waals surface area contributed by atoms with E-state index in [-0.39, 0.29) is 29.0 Å². The molecule has 7 heteroatoms. The van der Waals surface area contributed by atoms with Crippen LogP contribution in [0.1, 0.15) is 10.4 Å². The number of hydrogen-bond donors (Lipinski definition) is 2. The van der Waals surface area contributed by atoms with Gasteiger partial charge in [0.25, 0.3) is 0 Å². The predicted octanol–water partition coefficient (Wildman–Crippen LogP) is 0.100. The number of nitrogens with one attached hydrogen (secondary N) is 2. The van der Waals surface area contributed by atoms with Gasteiger partial charge in [0.2, 0.25) is 5.91 Å². The Morgan fingerprint density at radius 2 is 2.33 bits per heavy atom. The van der Waals surface area contributed by atoms with Crippen molar-refractivity contribution in [3.05, 3.63) is 17.0 Å². The Morgan fingerprint density at radius 3 is 2.93 bits per heavy atom. The van der Waals surface area contributed by atoms with Crippen LogP contribution in [0.4, 0.5) is 5.82 Å². The van der Waals surface area contributed by atoms with Gasteiger partial charge in [-0.2, -0.15) is 0 Å². The number of carbonyl (C=O) groups is 2. The van der Waals surface area contributed by atoms with Gasteiger partial charge in [-0.25, -0.2) is 9.97 Å². The number of amides is 1. The highest BCUT2D eigenvalue weighted by molar-refractivity contribution is 6.32. The van der Waals surface area contributed by atoms with Crippen molar-refractivity contribution in [1.29, 1.82) is 0 Å². The minimum Gasteiger partial charge on any atom is -0.360 e. The van der Waals surface area contributed by atoms with E-state index < -0.39 is 0 Å². The number of hydrogen-bond acceptors (Lipinski definition) is 5. The monoisotopic (exact) mass is 228 g/mol. The summed E-state index contributed by atoms with van der Waals surface area (Å²) < 4.78 is 0. The van der Waals surface area contributed by atoms with Crippen molar-refractivity contribution in [1.82, 2.24) is 15.3 Å². The smallest absolute Gasteiger partial charge is 0.239 e. The van der Waals surface area contributed by atoms with Crippen LogP contribution in [-0.4, -0.2) is 35.8 Å². The number of anilines is 1. The Labute approximate surface area is 91.1 Å². The summed E-state index contributed by atoms with van der Waals surface area (Å²) in [6, 6.07) is 0. The fraction of sp³-hybridized carbons (Fsp3) is 0.250. The first-order chi connectivity index (χ1) is 7.19. The largest absolute Gasteiger partial charge is 0.360 e. The minimum atomic E-state index is -0.221. The highest BCUT2D eigenvalue weighted by atomic mass is 35.5. The molecule has 0 spiro atoms. The molecule has 0 aliphatic carbocycles. The van der Waals surface area contributed by atoms with Gasteiger partial charge in [0.1, 0.15) is 17.3 Å². The lowest BCUT2D eigenvalue weighted by Gasteiger charge is -2.06. The van der Waals surface area contributed by atoms with E-state index in [0.717, 1.165) is 0 Å². The number of carbonyl (C=O) groups excluding carboxylic acids is 2. The molecule has 80 valence electrons. The molecule has 0 bridgehead atoms. The van der Waals surface area contributed by atoms with Crippen molar-refractivity contribution in [2.45, 2.75) is 0 Å². The predicted molar refractivity (Wildman–Crippen MR) is 55.0 cm³/mol. The maximum atomic E-state index is 10.9. The quantitative estimate of drug-likeness (QED) is 0.564. The number of nitrogens with zero attached hydrogens (tertiary/aromatic N) is 2. The Morgan fingerprint density at radius 1 is 1.60 bits per heavy atom. The van der Waals surface area contributed by atoms with Gasteiger partial charge >= 0.3 is 0 Å². The molecule has 0 saturated heterocycles. The third-order valence-electron chi connectivity index (χ3n) is 1.65. The van der Waals surface area contributed by atoms with E-state index in [2.05, 4.69) is 20.6 Å². The maximum absolute atomic E-state index is 10.9. The number of likely N-dealkylation sites (N-methyl/N-ethyl adjacent to an activating group) is 1. The average Bonchev–Trinajstić information content (AvgIpc) is 2.25. The van der Waals surface area contributed by atoms with E-state index in [1.54, 1.807) is 0 Å². The van der Waals surface area contributed by atoms with Crippen molar-refractivity contribution in [3.8, 4) is 0 Å². The zero-order valence-corrected chi connectivity index (χ0v) is 8.71. The van der Waals surface area contributed by atoms with E-state index in [9.17, 15) is 9.59 Å². The SMILES string of the molecule is CNC(=O)CNc1ncnc(Cl)c1C=O. The van der Waals surface area contributed by atoms with Crippen molar-refractivity contribution in [2.24, 2.45) is 0 Å². The van der Waals surface area contributed by atoms with Crippen LogP contribution >= 0.6 is 11.6 Å². The summed E-state index contributed by atoms with van der Waals surface area (Å²) in [6.07, 6.45) is 1.75. The molecular weight excluding hydrogens is 220 g/mol. The molecule has 1 aromatic rings. The van der Waals surface area contributed by atoms with Crippen LogP contribution in [0.25, 0.3) is 0 Å². The molecule has 0 aliphatic rings. The molecular formula is C8H9ClN4O2. The number of halogens is 1. The molecule has 0 unspecified atom stereocenters. The molecule has 15 heavy (non-hydrogen) atoms. The first-order valence-electron chi connectivity index (χ1n) is 4.09. The zero-order chi connectivity index (χ0) is 11.3. The molecule has 1 rings (SSSR count). The van der Waals surface area contributed by atoms with Gasteiger partial charge in [0.05, 0.1) is 12.1 Å². The molecule has 0 fully saturated rings. The molecule has 0 atom stereocenters. The third-order valence-corrected chi connectivity index (χ3v) is 1.95. The highest BCUT2D eigenvalue weighted by Gasteiger charge is 2.09. The summed E-state index contributed by atoms with van der Waals surface area (Å²) in [5, 5.41) is 5.15. The molecule has 0 saturated carbocycles. The Bertz CT molecular complexity index is 383. The van der Waals surface area contributed by atoms with Crippen LogP contribution in [0.2, 0.25) is 5.15 Å². The van der Waals surface area contributed by atoms with E-state index in [1.807, 2.05) is 0 Å². The lowest BCUT2D eigenvalue weighted by molar-refractivity contribution is -0.118. The van der Waals surface area contributed by atoms with E-state index >= 15 is 0 Å². The second-order valence-electron chi connectivity index (χ2n) is 2.57. The van der Waals surface area contributed by atoms with Gasteiger partial charge in [-0.1, -0.05) is 11.6 Å². The summed E-state index contributed by atoms with van der Waals surface area (Å²) in [6.45, 7) is 0.0185. The van der Waals surface area contributed by atoms with Gasteiger partial charge in [-0.15, -0.1) is 0 Å². The summed E-state index contributed by atoms with van der Waals surface area (Å²) in [7, 11) is 1.51. The highest BCUT2D eigenvalue weighted by Crippen LogP contribution is 2.16. The first-order valence-corrected chi connectivity index (χ1v) is 4.47. The molecule has 6 nitrogen and oxygen atoms in total. The third kappa shape index (κ3) is 2.88. The number of rotatable bonds is 4. The second kappa shape index (κ2) is 5.26. The molecule has 1 heterocycles. The Kier molecular flexibility index (Phi) is 3.99. The molecule has 0 aliphatic heterocycles. The van der Waals surface area contributed by atoms with Gasteiger partial charge in [0, 0.05) is 7.05 Å². The van der Waals surface area contributed by atoms with Gasteiger partial charge in [-0.3, -0.25) is 9.59 Å². The van der Waals surface area contributed by atoms with Crippen LogP contribution in [0.15, 0.2) is 6.33 Å². The summed E-state index contributed by atoms with van der Waals surface area (Å²) in [5.74, 6) is 0.0233. The summed E-state index contributed by atoms with van der Waals surface area (Å²) in [5.41, 5.74) is 0.142. The first kappa shape index (κ1) is 11.4. The standard InChI is InChI=1S/C8H9ClN4O2/c1-10-6(15)2-11-8-5(3-14)7(9)12-4-13-8/h3-4H,2H2,1H3,(H,10,15)(H,11,12,13). The van der Waals surface area contributed by atoms with Crippen LogP contribution in [0.5, 0.6) is 0 Å². The lowest BCUT2D eigenvalue weighted by Crippen LogP contribution is -2.26. The minimum absolute atomic E-state index is 0.0185. The van der Waals surface area contributed by atoms with E-state index in [0.29, 0.717) is 6.29 Å². The zero-order valence-electron chi connectivity index (χ0n) is 7.95. The van der Waals surface area contributed by atoms with Crippen LogP contribution < -0.4 is 10.6 Å². The van der Waals surface area contributed by atoms with Crippen molar-refractivity contribution in [3.63, 3.8) is 0 Å². The molecule has 0 aromatic carbocycles. The molecule has 0 radical (unpaired) electrons. The fourth-order valence-corrected chi connectivity index (χ4v) is 1.05. The van der Waals surface area contributed by atoms with Crippen LogP contribution in [0.3, 0.4) is 0 Å². The summed E-state index contributed by atoms with van der Waals surface area (Å²) in [4.78, 5) is 29.0. The van der Waals surface area contributed by atoms with E-state index in [4.69, 9.17) is 11.6 Å². The lowest BCUT2D eigenvalue weighted by atomic mass is 10.3. The van der Waals surface area contributed by atoms with E-state index in [1.165, 1.54) is 13.4 Å². The fourth-order valence-electron chi connectivity index (χ4n) is 0.872. The Hall–Kier alpha value is -1.69. The van der Waals surface area contributed by atoms with Crippen LogP contribution in [0, 0.1) is 0 Å². The van der Waals surface area contributed by atoms with Gasteiger partial charge in [0.15, 0.2) is 6.29 Å². The summed E-state index contributed by atoms with van der Waals surface area (Å²) >= 11 is 5.66. The maximum Gasteiger partial charge on any atom is 0.239 e. The van der Waals surface area contributed by atoms with Gasteiger partial charge < -0.3 is 10.6 Å². The van der Waals surface area contributed by atoms with Crippen molar-refractivity contribution < 1.29 is 9.59 Å². The normalized spacial score (nSPS) is 9.47. The molecule has 1 amide bonds. The van der Waals surface area contributed by atoms with Crippen molar-refractivity contribution in [2.75, 3.05) is 18.9 Å². The molecule has 1 aromatic heterocycles. The average molecular weight is 229 g/mol. The van der Waals surface area contributed by atoms with Gasteiger partial charge in [-0.05, 0) is 0 Å².